The van der Waals surface area contributed by atoms with Crippen LogP contribution in [-0.4, -0.2) is 28.2 Å². The van der Waals surface area contributed by atoms with Crippen molar-refractivity contribution in [3.05, 3.63) is 58.2 Å². The number of para-hydroxylation sites is 1. The van der Waals surface area contributed by atoms with E-state index in [1.807, 2.05) is 0 Å². The third-order valence-electron chi connectivity index (χ3n) is 3.15. The molecule has 0 aliphatic carbocycles. The van der Waals surface area contributed by atoms with Gasteiger partial charge in [0.15, 0.2) is 11.5 Å². The van der Waals surface area contributed by atoms with Gasteiger partial charge in [0.2, 0.25) is 0 Å². The predicted octanol–water partition coefficient (Wildman–Crippen LogP) is 3.07. The summed E-state index contributed by atoms with van der Waals surface area (Å²) in [4.78, 5) is 21.4. The molecule has 0 aliphatic heterocycles. The van der Waals surface area contributed by atoms with Gasteiger partial charge in [0.1, 0.15) is 0 Å². The molecule has 23 heavy (non-hydrogen) atoms. The summed E-state index contributed by atoms with van der Waals surface area (Å²) in [7, 11) is 1.32. The topological polar surface area (TPSA) is 110 Å². The maximum Gasteiger partial charge on any atom is 0.328 e. The number of carboxylic acid groups (broad SMARTS) is 1. The summed E-state index contributed by atoms with van der Waals surface area (Å²) < 4.78 is 5.16. The number of ether oxygens (including phenoxy) is 1. The third-order valence-corrected chi connectivity index (χ3v) is 3.15. The first kappa shape index (κ1) is 16.0. The van der Waals surface area contributed by atoms with Gasteiger partial charge in [-0.15, -0.1) is 0 Å². The first-order chi connectivity index (χ1) is 11.0. The van der Waals surface area contributed by atoms with Gasteiger partial charge < -0.3 is 14.9 Å². The van der Waals surface area contributed by atoms with Crippen molar-refractivity contribution in [2.75, 3.05) is 7.11 Å². The lowest BCUT2D eigenvalue weighted by Crippen LogP contribution is -1.97. The molecule has 0 bridgehead atoms. The van der Waals surface area contributed by atoms with E-state index in [0.29, 0.717) is 5.56 Å². The van der Waals surface area contributed by atoms with E-state index in [0.717, 1.165) is 6.08 Å². The van der Waals surface area contributed by atoms with Crippen molar-refractivity contribution < 1.29 is 24.7 Å². The molecule has 2 aromatic rings. The molecule has 0 unspecified atom stereocenters. The Hall–Kier alpha value is -3.35. The number of aliphatic carboxylic acids is 1. The number of hydrogen-bond acceptors (Lipinski definition) is 5. The zero-order chi connectivity index (χ0) is 17.0. The Bertz CT molecular complexity index is 797. The van der Waals surface area contributed by atoms with Crippen LogP contribution in [0.15, 0.2) is 42.5 Å². The van der Waals surface area contributed by atoms with E-state index < -0.39 is 10.9 Å². The molecule has 0 atom stereocenters. The first-order valence-corrected chi connectivity index (χ1v) is 6.50. The lowest BCUT2D eigenvalue weighted by molar-refractivity contribution is -0.384. The molecule has 0 spiro atoms. The van der Waals surface area contributed by atoms with Crippen LogP contribution in [0.4, 0.5) is 5.69 Å². The monoisotopic (exact) mass is 315 g/mol. The fourth-order valence-corrected chi connectivity index (χ4v) is 2.22. The summed E-state index contributed by atoms with van der Waals surface area (Å²) in [6, 6.07) is 8.75. The Morgan fingerprint density at radius 3 is 2.57 bits per heavy atom. The van der Waals surface area contributed by atoms with Gasteiger partial charge >= 0.3 is 5.97 Å². The molecule has 0 amide bonds. The third kappa shape index (κ3) is 3.29. The Morgan fingerprint density at radius 1 is 1.26 bits per heavy atom. The van der Waals surface area contributed by atoms with E-state index in [1.54, 1.807) is 6.07 Å². The number of methoxy groups -OCH3 is 1. The summed E-state index contributed by atoms with van der Waals surface area (Å²) in [5, 5.41) is 30.0. The minimum Gasteiger partial charge on any atom is -0.504 e. The Balaban J connectivity index is 2.81. The van der Waals surface area contributed by atoms with Crippen molar-refractivity contribution >= 4 is 17.7 Å². The smallest absolute Gasteiger partial charge is 0.328 e. The zero-order valence-electron chi connectivity index (χ0n) is 12.1. The van der Waals surface area contributed by atoms with E-state index in [1.165, 1.54) is 43.5 Å². The van der Waals surface area contributed by atoms with Gasteiger partial charge in [-0.25, -0.2) is 4.79 Å². The molecule has 118 valence electrons. The van der Waals surface area contributed by atoms with Crippen LogP contribution in [0.25, 0.3) is 17.2 Å². The van der Waals surface area contributed by atoms with E-state index in [-0.39, 0.29) is 28.3 Å². The van der Waals surface area contributed by atoms with Gasteiger partial charge in [-0.3, -0.25) is 10.1 Å². The highest BCUT2D eigenvalue weighted by atomic mass is 16.6. The standard InChI is InChI=1S/C16H13NO6/c1-23-16-13(18)8-6-10(7-9-14(19)20)15(16)11-4-2-3-5-12(11)17(21)22/h2-9,18H,1H3,(H,19,20). The number of benzene rings is 2. The van der Waals surface area contributed by atoms with Gasteiger partial charge in [0.05, 0.1) is 17.6 Å². The van der Waals surface area contributed by atoms with E-state index in [9.17, 15) is 20.0 Å². The molecule has 2 aromatic carbocycles. The molecule has 0 aliphatic rings. The van der Waals surface area contributed by atoms with E-state index in [2.05, 4.69) is 0 Å². The van der Waals surface area contributed by atoms with Crippen molar-refractivity contribution in [3.8, 4) is 22.6 Å². The minimum absolute atomic E-state index is 0.0341. The maximum absolute atomic E-state index is 11.2. The maximum atomic E-state index is 11.2. The number of phenols is 1. The highest BCUT2D eigenvalue weighted by molar-refractivity contribution is 5.91. The summed E-state index contributed by atoms with van der Waals surface area (Å²) in [5.41, 5.74) is 0.658. The van der Waals surface area contributed by atoms with Crippen LogP contribution in [0.3, 0.4) is 0 Å². The van der Waals surface area contributed by atoms with Crippen LogP contribution in [0.2, 0.25) is 0 Å². The lowest BCUT2D eigenvalue weighted by atomic mass is 9.96. The van der Waals surface area contributed by atoms with Crippen molar-refractivity contribution in [1.29, 1.82) is 0 Å². The van der Waals surface area contributed by atoms with Crippen LogP contribution in [0.5, 0.6) is 11.5 Å². The molecular weight excluding hydrogens is 302 g/mol. The van der Waals surface area contributed by atoms with Crippen molar-refractivity contribution in [2.24, 2.45) is 0 Å². The number of hydrogen-bond donors (Lipinski definition) is 2. The highest BCUT2D eigenvalue weighted by Gasteiger charge is 2.22. The molecule has 0 saturated heterocycles. The number of rotatable bonds is 5. The Kier molecular flexibility index (Phi) is 4.61. The van der Waals surface area contributed by atoms with Gasteiger partial charge in [-0.05, 0) is 23.8 Å². The quantitative estimate of drug-likeness (QED) is 0.498. The number of carbonyl (C=O) groups is 1. The fourth-order valence-electron chi connectivity index (χ4n) is 2.22. The van der Waals surface area contributed by atoms with Gasteiger partial charge in [-0.2, -0.15) is 0 Å². The summed E-state index contributed by atoms with van der Waals surface area (Å²) in [6.07, 6.45) is 2.19. The van der Waals surface area contributed by atoms with Crippen molar-refractivity contribution in [2.45, 2.75) is 0 Å². The van der Waals surface area contributed by atoms with Gasteiger partial charge in [0.25, 0.3) is 5.69 Å². The summed E-state index contributed by atoms with van der Waals surface area (Å²) in [5.74, 6) is -1.33. The predicted molar refractivity (Wildman–Crippen MR) is 83.4 cm³/mol. The van der Waals surface area contributed by atoms with Gasteiger partial charge in [0, 0.05) is 17.7 Å². The second kappa shape index (κ2) is 6.61. The number of carboxylic acids is 1. The summed E-state index contributed by atoms with van der Waals surface area (Å²) >= 11 is 0. The lowest BCUT2D eigenvalue weighted by Gasteiger charge is -2.14. The SMILES string of the molecule is COc1c(O)ccc(C=CC(=O)O)c1-c1ccccc1[N+](=O)[O-]. The molecule has 2 N–H and O–H groups in total. The normalized spacial score (nSPS) is 10.7. The van der Waals surface area contributed by atoms with Crippen LogP contribution >= 0.6 is 0 Å². The van der Waals surface area contributed by atoms with Crippen LogP contribution in [0.1, 0.15) is 5.56 Å². The number of phenolic OH excluding ortho intramolecular Hbond substituents is 1. The number of nitrogens with zero attached hydrogens (tertiary/aromatic N) is 1. The van der Waals surface area contributed by atoms with E-state index in [4.69, 9.17) is 9.84 Å². The first-order valence-electron chi connectivity index (χ1n) is 6.50. The van der Waals surface area contributed by atoms with Crippen LogP contribution in [0, 0.1) is 10.1 Å². The van der Waals surface area contributed by atoms with Crippen LogP contribution in [-0.2, 0) is 4.79 Å². The molecule has 0 heterocycles. The number of nitro groups is 1. The second-order valence-electron chi connectivity index (χ2n) is 4.53. The van der Waals surface area contributed by atoms with Crippen molar-refractivity contribution in [1.82, 2.24) is 0 Å². The molecule has 7 nitrogen and oxygen atoms in total. The summed E-state index contributed by atoms with van der Waals surface area (Å²) in [6.45, 7) is 0. The molecule has 2 rings (SSSR count). The molecule has 0 aromatic heterocycles. The second-order valence-corrected chi connectivity index (χ2v) is 4.53. The number of aromatic hydroxyl groups is 1. The molecular formula is C16H13NO6. The van der Waals surface area contributed by atoms with E-state index >= 15 is 0 Å². The van der Waals surface area contributed by atoms with Crippen molar-refractivity contribution in [3.63, 3.8) is 0 Å². The minimum atomic E-state index is -1.16. The number of nitro benzene ring substituents is 1. The zero-order valence-corrected chi connectivity index (χ0v) is 12.1. The average molecular weight is 315 g/mol. The van der Waals surface area contributed by atoms with Gasteiger partial charge in [-0.1, -0.05) is 18.2 Å². The Labute approximate surface area is 131 Å². The molecule has 0 radical (unpaired) electrons. The Morgan fingerprint density at radius 2 is 1.96 bits per heavy atom. The largest absolute Gasteiger partial charge is 0.504 e. The van der Waals surface area contributed by atoms with Crippen LogP contribution < -0.4 is 4.74 Å². The molecule has 0 fully saturated rings. The molecule has 0 saturated carbocycles. The average Bonchev–Trinajstić information content (AvgIpc) is 2.53. The molecule has 7 heteroatoms. The highest BCUT2D eigenvalue weighted by Crippen LogP contribution is 2.43. The fraction of sp³-hybridized carbons (Fsp3) is 0.0625.